The van der Waals surface area contributed by atoms with Crippen LogP contribution in [0.1, 0.15) is 2.85 Å². The van der Waals surface area contributed by atoms with Gasteiger partial charge in [0.1, 0.15) is 0 Å². The summed E-state index contributed by atoms with van der Waals surface area (Å²) in [5, 5.41) is 0. The van der Waals surface area contributed by atoms with Gasteiger partial charge < -0.3 is 2.85 Å². The molecular weight excluding hydrogens is 167 g/mol. The van der Waals surface area contributed by atoms with Gasteiger partial charge in [-0.3, -0.25) is 0 Å². The fraction of sp³-hybridized carbons (Fsp3) is 0. The summed E-state index contributed by atoms with van der Waals surface area (Å²) in [7, 11) is 3.25. The Labute approximate surface area is 100 Å². The van der Waals surface area contributed by atoms with Crippen LogP contribution in [-0.4, -0.2) is 7.72 Å². The molecule has 0 aliphatic rings. The van der Waals surface area contributed by atoms with E-state index < -0.39 is 0 Å². The predicted octanol–water partition coefficient (Wildman–Crippen LogP) is -6.27. The summed E-state index contributed by atoms with van der Waals surface area (Å²) in [4.78, 5) is 0. The molecule has 0 bridgehead atoms. The molecule has 1 radical (unpaired) electrons. The van der Waals surface area contributed by atoms with Gasteiger partial charge in [0, 0.05) is 0 Å². The van der Waals surface area contributed by atoms with Gasteiger partial charge in [-0.05, 0) is 0 Å². The summed E-state index contributed by atoms with van der Waals surface area (Å²) in [6.07, 6.45) is 0. The van der Waals surface area contributed by atoms with Gasteiger partial charge in [0.15, 0.2) is 0 Å². The molecular formula is H2BCsLiO. The van der Waals surface area contributed by atoms with E-state index in [4.69, 9.17) is 4.70 Å². The Morgan fingerprint density at radius 3 is 1.50 bits per heavy atom. The zero-order valence-electron chi connectivity index (χ0n) is 4.99. The maximum absolute atomic E-state index is 7.75. The molecule has 13 valence electrons. The van der Waals surface area contributed by atoms with Crippen LogP contribution in [0.15, 0.2) is 0 Å². The van der Waals surface area contributed by atoms with Crippen molar-refractivity contribution in [1.82, 2.24) is 0 Å². The van der Waals surface area contributed by atoms with E-state index in [1.54, 1.807) is 0 Å². The smallest absolute Gasteiger partial charge is 1.00 e. The Kier molecular flexibility index (Phi) is 71.3. The maximum Gasteiger partial charge on any atom is 1.00 e. The van der Waals surface area contributed by atoms with Crippen molar-refractivity contribution in [3.8, 4) is 0 Å². The third-order valence-electron chi connectivity index (χ3n) is 0. The zero-order chi connectivity index (χ0) is 2.00. The van der Waals surface area contributed by atoms with E-state index >= 15 is 0 Å². The second kappa shape index (κ2) is 17.8. The summed E-state index contributed by atoms with van der Waals surface area (Å²) in [6.45, 7) is 0. The van der Waals surface area contributed by atoms with Crippen LogP contribution in [0.2, 0.25) is 0 Å². The minimum Gasteiger partial charge on any atom is -1.00 e. The van der Waals surface area contributed by atoms with Crippen molar-refractivity contribution in [3.05, 3.63) is 0 Å². The van der Waals surface area contributed by atoms with Crippen molar-refractivity contribution in [2.45, 2.75) is 0 Å². The molecule has 0 spiro atoms. The maximum atomic E-state index is 7.75. The molecule has 0 aliphatic carbocycles. The Balaban J connectivity index is -0.000000000833. The summed E-state index contributed by atoms with van der Waals surface area (Å²) in [5.41, 5.74) is 0. The van der Waals surface area contributed by atoms with Crippen LogP contribution in [0.25, 0.3) is 0 Å². The summed E-state index contributed by atoms with van der Waals surface area (Å²) < 4.78 is 7.75. The standard InChI is InChI=1S/BO.Cs.Li.2H/c1-2;;;;/q;2*+1;2*-1. The third kappa shape index (κ3) is 8.82. The van der Waals surface area contributed by atoms with Crippen LogP contribution in [0.5, 0.6) is 0 Å². The fourth-order valence-corrected chi connectivity index (χ4v) is 0. The van der Waals surface area contributed by atoms with Crippen molar-refractivity contribution in [1.29, 1.82) is 0 Å². The van der Waals surface area contributed by atoms with Crippen molar-refractivity contribution in [2.24, 2.45) is 0 Å². The summed E-state index contributed by atoms with van der Waals surface area (Å²) in [6, 6.07) is 0. The number of hydrogen-bond donors (Lipinski definition) is 0. The molecule has 0 saturated heterocycles. The van der Waals surface area contributed by atoms with E-state index in [0.717, 1.165) is 0 Å². The molecule has 0 fully saturated rings. The second-order valence-electron chi connectivity index (χ2n) is 0. The molecule has 0 rings (SSSR count). The average molecular weight is 169 g/mol. The van der Waals surface area contributed by atoms with E-state index in [0.29, 0.717) is 0 Å². The van der Waals surface area contributed by atoms with Crippen molar-refractivity contribution >= 4 is 7.72 Å². The van der Waals surface area contributed by atoms with Crippen LogP contribution in [-0.2, 0) is 4.70 Å². The van der Waals surface area contributed by atoms with E-state index in [1.807, 2.05) is 0 Å². The van der Waals surface area contributed by atoms with Crippen LogP contribution < -0.4 is 87.8 Å². The van der Waals surface area contributed by atoms with E-state index in [-0.39, 0.29) is 90.6 Å². The molecule has 0 amide bonds. The fourth-order valence-electron chi connectivity index (χ4n) is 0. The Bertz CT molecular complexity index is 13.5. The quantitative estimate of drug-likeness (QED) is 0.329. The first-order chi connectivity index (χ1) is 1.00. The van der Waals surface area contributed by atoms with Crippen molar-refractivity contribution < 1.29 is 95.3 Å². The van der Waals surface area contributed by atoms with Crippen LogP contribution >= 0.6 is 0 Å². The van der Waals surface area contributed by atoms with Gasteiger partial charge in [0.25, 0.3) is 0 Å². The van der Waals surface area contributed by atoms with E-state index in [1.165, 1.54) is 0 Å². The molecule has 0 heterocycles. The van der Waals surface area contributed by atoms with Gasteiger partial charge >= 0.3 is 100 Å². The Morgan fingerprint density at radius 1 is 1.50 bits per heavy atom. The average Bonchev–Trinajstić information content (AvgIpc) is 1.00. The second-order valence-corrected chi connectivity index (χ2v) is 0. The van der Waals surface area contributed by atoms with Crippen LogP contribution in [0, 0.1) is 0 Å². The third-order valence-corrected chi connectivity index (χ3v) is 0. The van der Waals surface area contributed by atoms with Gasteiger partial charge in [0.05, 0.1) is 0 Å². The van der Waals surface area contributed by atoms with E-state index in [2.05, 4.69) is 7.72 Å². The van der Waals surface area contributed by atoms with Crippen LogP contribution in [0.4, 0.5) is 0 Å². The molecule has 0 N–H and O–H groups in total. The van der Waals surface area contributed by atoms with Gasteiger partial charge in [-0.1, -0.05) is 0 Å². The Morgan fingerprint density at radius 2 is 1.50 bits per heavy atom. The van der Waals surface area contributed by atoms with Crippen molar-refractivity contribution in [2.75, 3.05) is 0 Å². The normalized spacial score (nSPS) is 0.750. The minimum absolute atomic E-state index is 0. The molecule has 0 atom stereocenters. The zero-order valence-corrected chi connectivity index (χ0v) is 9.27. The molecule has 4 heavy (non-hydrogen) atoms. The predicted molar refractivity (Wildman–Crippen MR) is 8.66 cm³/mol. The minimum atomic E-state index is 0. The molecule has 4 heteroatoms. The van der Waals surface area contributed by atoms with Gasteiger partial charge in [-0.2, -0.15) is 0 Å². The molecule has 0 aromatic rings. The first kappa shape index (κ1) is 16.0. The van der Waals surface area contributed by atoms with Gasteiger partial charge in [-0.25, -0.2) is 0 Å². The largest absolute Gasteiger partial charge is 1.00 e. The first-order valence-corrected chi connectivity index (χ1v) is 0.236. The molecule has 0 aliphatic heterocycles. The van der Waals surface area contributed by atoms with Crippen LogP contribution in [0.3, 0.4) is 0 Å². The van der Waals surface area contributed by atoms with E-state index in [9.17, 15) is 0 Å². The molecule has 1 nitrogen and oxygen atoms in total. The molecule has 0 aromatic heterocycles. The summed E-state index contributed by atoms with van der Waals surface area (Å²) >= 11 is 0. The number of rotatable bonds is 0. The van der Waals surface area contributed by atoms with Gasteiger partial charge in [0.2, 0.25) is 0 Å². The molecule has 0 unspecified atom stereocenters. The monoisotopic (exact) mass is 169 g/mol. The van der Waals surface area contributed by atoms with Gasteiger partial charge in [-0.15, -0.1) is 0 Å². The molecule has 0 aromatic carbocycles. The Hall–Kier alpha value is 2.51. The first-order valence-electron chi connectivity index (χ1n) is 0.236. The topological polar surface area (TPSA) is 17.1 Å². The SMILES string of the molecule is [B]=O.[Cs+].[H-].[H-].[Li+]. The van der Waals surface area contributed by atoms with Crippen molar-refractivity contribution in [3.63, 3.8) is 0 Å². The molecule has 0 saturated carbocycles. The number of hydrogen-bond acceptors (Lipinski definition) is 1. The summed E-state index contributed by atoms with van der Waals surface area (Å²) in [5.74, 6) is 0.